The molecule has 0 bridgehead atoms. The van der Waals surface area contributed by atoms with Gasteiger partial charge in [0.15, 0.2) is 0 Å². The van der Waals surface area contributed by atoms with Crippen LogP contribution in [-0.2, 0) is 6.54 Å². The summed E-state index contributed by atoms with van der Waals surface area (Å²) in [6, 6.07) is 15.1. The van der Waals surface area contributed by atoms with E-state index in [0.29, 0.717) is 0 Å². The van der Waals surface area contributed by atoms with Gasteiger partial charge >= 0.3 is 0 Å². The molecule has 0 radical (unpaired) electrons. The van der Waals surface area contributed by atoms with E-state index in [2.05, 4.69) is 54.0 Å². The van der Waals surface area contributed by atoms with Crippen LogP contribution in [0.15, 0.2) is 42.5 Å². The molecular weight excluding hydrogens is 284 g/mol. The summed E-state index contributed by atoms with van der Waals surface area (Å²) < 4.78 is 5.47. The van der Waals surface area contributed by atoms with Crippen LogP contribution in [0, 0.1) is 13.8 Å². The topological polar surface area (TPSA) is 15.7 Å². The number of methoxy groups -OCH3 is 1. The summed E-state index contributed by atoms with van der Waals surface area (Å²) in [5.74, 6) is 0.990. The minimum Gasteiger partial charge on any atom is -0.496 e. The number of ether oxygens (including phenoxy) is 1. The third-order valence-electron chi connectivity index (χ3n) is 4.66. The number of para-hydroxylation sites is 1. The fraction of sp³-hybridized carbons (Fsp3) is 0.400. The summed E-state index contributed by atoms with van der Waals surface area (Å²) >= 11 is 0. The van der Waals surface area contributed by atoms with Gasteiger partial charge in [0, 0.05) is 44.0 Å². The van der Waals surface area contributed by atoms with Gasteiger partial charge in [-0.1, -0.05) is 30.3 Å². The summed E-state index contributed by atoms with van der Waals surface area (Å²) in [4.78, 5) is 5.03. The number of nitrogens with zero attached hydrogens (tertiary/aromatic N) is 2. The maximum atomic E-state index is 5.47. The average Bonchev–Trinajstić information content (AvgIpc) is 2.58. The molecular formula is C20H26N2O. The summed E-state index contributed by atoms with van der Waals surface area (Å²) in [6.07, 6.45) is 0. The third-order valence-corrected chi connectivity index (χ3v) is 4.66. The van der Waals surface area contributed by atoms with Gasteiger partial charge in [0.25, 0.3) is 0 Å². The van der Waals surface area contributed by atoms with Gasteiger partial charge in [-0.05, 0) is 37.1 Å². The lowest BCUT2D eigenvalue weighted by Crippen LogP contribution is -2.46. The van der Waals surface area contributed by atoms with E-state index in [9.17, 15) is 0 Å². The van der Waals surface area contributed by atoms with E-state index < -0.39 is 0 Å². The van der Waals surface area contributed by atoms with Gasteiger partial charge in [0.1, 0.15) is 5.75 Å². The minimum absolute atomic E-state index is 0.963. The predicted molar refractivity (Wildman–Crippen MR) is 96.4 cm³/mol. The molecule has 1 aliphatic heterocycles. The number of hydrogen-bond donors (Lipinski definition) is 0. The molecule has 1 heterocycles. The van der Waals surface area contributed by atoms with Crippen molar-refractivity contribution in [2.45, 2.75) is 20.4 Å². The molecule has 3 rings (SSSR count). The lowest BCUT2D eigenvalue weighted by atomic mass is 10.1. The molecule has 0 spiro atoms. The van der Waals surface area contributed by atoms with Gasteiger partial charge in [-0.3, -0.25) is 4.90 Å². The number of anilines is 1. The molecule has 2 aromatic rings. The standard InChI is InChI=1S/C20H26N2O/c1-16-8-9-17(2)19(14-16)22-12-10-21(11-13-22)15-18-6-4-5-7-20(18)23-3/h4-9,14H,10-13,15H2,1-3H3. The summed E-state index contributed by atoms with van der Waals surface area (Å²) in [5, 5.41) is 0. The number of aryl methyl sites for hydroxylation is 2. The van der Waals surface area contributed by atoms with Crippen LogP contribution >= 0.6 is 0 Å². The van der Waals surface area contributed by atoms with E-state index in [-0.39, 0.29) is 0 Å². The molecule has 0 aliphatic carbocycles. The van der Waals surface area contributed by atoms with Crippen LogP contribution in [0.3, 0.4) is 0 Å². The van der Waals surface area contributed by atoms with E-state index in [1.807, 2.05) is 12.1 Å². The van der Waals surface area contributed by atoms with Crippen LogP contribution in [0.5, 0.6) is 5.75 Å². The maximum Gasteiger partial charge on any atom is 0.123 e. The van der Waals surface area contributed by atoms with Gasteiger partial charge in [-0.2, -0.15) is 0 Å². The maximum absolute atomic E-state index is 5.47. The molecule has 2 aromatic carbocycles. The summed E-state index contributed by atoms with van der Waals surface area (Å²) in [7, 11) is 1.75. The molecule has 0 unspecified atom stereocenters. The highest BCUT2D eigenvalue weighted by Crippen LogP contribution is 2.24. The van der Waals surface area contributed by atoms with E-state index in [4.69, 9.17) is 4.74 Å². The largest absolute Gasteiger partial charge is 0.496 e. The molecule has 0 amide bonds. The molecule has 0 saturated carbocycles. The average molecular weight is 310 g/mol. The fourth-order valence-electron chi connectivity index (χ4n) is 3.28. The van der Waals surface area contributed by atoms with Crippen molar-refractivity contribution in [3.8, 4) is 5.75 Å². The zero-order valence-electron chi connectivity index (χ0n) is 14.4. The molecule has 122 valence electrons. The Labute approximate surface area is 139 Å². The van der Waals surface area contributed by atoms with E-state index >= 15 is 0 Å². The Morgan fingerprint density at radius 1 is 0.957 bits per heavy atom. The minimum atomic E-state index is 0.963. The fourth-order valence-corrected chi connectivity index (χ4v) is 3.28. The van der Waals surface area contributed by atoms with Crippen LogP contribution in [0.4, 0.5) is 5.69 Å². The quantitative estimate of drug-likeness (QED) is 0.857. The molecule has 0 N–H and O–H groups in total. The first-order valence-electron chi connectivity index (χ1n) is 8.34. The van der Waals surface area contributed by atoms with E-state index in [1.165, 1.54) is 22.4 Å². The molecule has 23 heavy (non-hydrogen) atoms. The van der Waals surface area contributed by atoms with Gasteiger partial charge in [0.2, 0.25) is 0 Å². The summed E-state index contributed by atoms with van der Waals surface area (Å²) in [5.41, 5.74) is 5.37. The highest BCUT2D eigenvalue weighted by atomic mass is 16.5. The second kappa shape index (κ2) is 7.05. The van der Waals surface area contributed by atoms with Crippen molar-refractivity contribution in [3.63, 3.8) is 0 Å². The van der Waals surface area contributed by atoms with Crippen molar-refractivity contribution in [1.82, 2.24) is 4.90 Å². The Hall–Kier alpha value is -2.00. The first-order valence-corrected chi connectivity index (χ1v) is 8.34. The first-order chi connectivity index (χ1) is 11.2. The highest BCUT2D eigenvalue weighted by Gasteiger charge is 2.19. The van der Waals surface area contributed by atoms with Crippen LogP contribution in [0.25, 0.3) is 0 Å². The smallest absolute Gasteiger partial charge is 0.123 e. The Morgan fingerprint density at radius 3 is 2.43 bits per heavy atom. The Bertz CT molecular complexity index is 660. The Kier molecular flexibility index (Phi) is 4.87. The molecule has 0 atom stereocenters. The second-order valence-corrected chi connectivity index (χ2v) is 6.36. The van der Waals surface area contributed by atoms with Crippen molar-refractivity contribution in [2.24, 2.45) is 0 Å². The van der Waals surface area contributed by atoms with Crippen LogP contribution in [0.1, 0.15) is 16.7 Å². The SMILES string of the molecule is COc1ccccc1CN1CCN(c2cc(C)ccc2C)CC1. The number of hydrogen-bond acceptors (Lipinski definition) is 3. The molecule has 0 aromatic heterocycles. The number of benzene rings is 2. The van der Waals surface area contributed by atoms with Gasteiger partial charge in [-0.15, -0.1) is 0 Å². The van der Waals surface area contributed by atoms with Crippen molar-refractivity contribution in [3.05, 3.63) is 59.2 Å². The van der Waals surface area contributed by atoms with Crippen molar-refractivity contribution in [1.29, 1.82) is 0 Å². The lowest BCUT2D eigenvalue weighted by molar-refractivity contribution is 0.246. The molecule has 1 fully saturated rings. The number of rotatable bonds is 4. The Morgan fingerprint density at radius 2 is 1.70 bits per heavy atom. The first kappa shape index (κ1) is 15.9. The van der Waals surface area contributed by atoms with Crippen molar-refractivity contribution in [2.75, 3.05) is 38.2 Å². The van der Waals surface area contributed by atoms with Crippen molar-refractivity contribution >= 4 is 5.69 Å². The highest BCUT2D eigenvalue weighted by molar-refractivity contribution is 5.55. The molecule has 1 aliphatic rings. The van der Waals surface area contributed by atoms with Gasteiger partial charge in [-0.25, -0.2) is 0 Å². The third kappa shape index (κ3) is 3.67. The molecule has 1 saturated heterocycles. The van der Waals surface area contributed by atoms with Crippen LogP contribution in [0.2, 0.25) is 0 Å². The zero-order chi connectivity index (χ0) is 16.2. The lowest BCUT2D eigenvalue weighted by Gasteiger charge is -2.37. The van der Waals surface area contributed by atoms with Gasteiger partial charge < -0.3 is 9.64 Å². The zero-order valence-corrected chi connectivity index (χ0v) is 14.4. The predicted octanol–water partition coefficient (Wildman–Crippen LogP) is 3.63. The number of piperazine rings is 1. The van der Waals surface area contributed by atoms with E-state index in [0.717, 1.165) is 38.5 Å². The van der Waals surface area contributed by atoms with Crippen molar-refractivity contribution < 1.29 is 4.74 Å². The van der Waals surface area contributed by atoms with Gasteiger partial charge in [0.05, 0.1) is 7.11 Å². The van der Waals surface area contributed by atoms with Crippen LogP contribution < -0.4 is 9.64 Å². The Balaban J connectivity index is 1.63. The summed E-state index contributed by atoms with van der Waals surface area (Å²) in [6.45, 7) is 9.68. The monoisotopic (exact) mass is 310 g/mol. The normalized spacial score (nSPS) is 15.7. The van der Waals surface area contributed by atoms with E-state index in [1.54, 1.807) is 7.11 Å². The molecule has 3 nitrogen and oxygen atoms in total. The second-order valence-electron chi connectivity index (χ2n) is 6.36. The van der Waals surface area contributed by atoms with Crippen LogP contribution in [-0.4, -0.2) is 38.2 Å². The molecule has 3 heteroatoms.